The van der Waals surface area contributed by atoms with Crippen LogP contribution in [0.3, 0.4) is 0 Å². The molecule has 28 heavy (non-hydrogen) atoms. The highest BCUT2D eigenvalue weighted by atomic mass is 35.5. The number of rotatable bonds is 9. The minimum Gasteiger partial charge on any atom is -0.492 e. The SMILES string of the molecule is O=C(CCC(=O)c1ccc(Cl)cc1)Nc1cccc(OCCn2cccn2)c1. The van der Waals surface area contributed by atoms with Gasteiger partial charge in [-0.25, -0.2) is 0 Å². The number of aromatic nitrogens is 2. The van der Waals surface area contributed by atoms with Crippen LogP contribution < -0.4 is 10.1 Å². The second kappa shape index (κ2) is 9.71. The molecule has 3 aromatic rings. The quantitative estimate of drug-likeness (QED) is 0.549. The molecule has 0 saturated carbocycles. The second-order valence-corrected chi connectivity index (χ2v) is 6.56. The van der Waals surface area contributed by atoms with E-state index in [1.54, 1.807) is 53.3 Å². The molecular formula is C21H20ClN3O3. The summed E-state index contributed by atoms with van der Waals surface area (Å²) < 4.78 is 7.47. The molecule has 0 fully saturated rings. The third kappa shape index (κ3) is 5.96. The standard InChI is InChI=1S/C21H20ClN3O3/c22-17-7-5-16(6-8-17)20(26)9-10-21(27)24-18-3-1-4-19(15-18)28-14-13-25-12-2-11-23-25/h1-8,11-12,15H,9-10,13-14H2,(H,24,27). The Bertz CT molecular complexity index is 924. The number of nitrogens with one attached hydrogen (secondary N) is 1. The molecule has 7 heteroatoms. The number of carbonyl (C=O) groups excluding carboxylic acids is 2. The Morgan fingerprint density at radius 1 is 1.07 bits per heavy atom. The van der Waals surface area contributed by atoms with E-state index in [1.165, 1.54) is 0 Å². The zero-order valence-corrected chi connectivity index (χ0v) is 15.9. The first-order valence-electron chi connectivity index (χ1n) is 8.89. The third-order valence-electron chi connectivity index (χ3n) is 4.01. The Kier molecular flexibility index (Phi) is 6.81. The van der Waals surface area contributed by atoms with Crippen molar-refractivity contribution < 1.29 is 14.3 Å². The first-order valence-corrected chi connectivity index (χ1v) is 9.27. The number of hydrogen-bond donors (Lipinski definition) is 1. The van der Waals surface area contributed by atoms with Crippen molar-refractivity contribution in [1.29, 1.82) is 0 Å². The van der Waals surface area contributed by atoms with E-state index in [0.717, 1.165) is 0 Å². The summed E-state index contributed by atoms with van der Waals surface area (Å²) in [6.07, 6.45) is 3.82. The predicted octanol–water partition coefficient (Wildman–Crippen LogP) is 4.22. The Morgan fingerprint density at radius 3 is 2.64 bits per heavy atom. The lowest BCUT2D eigenvalue weighted by Crippen LogP contribution is -2.13. The van der Waals surface area contributed by atoms with Crippen LogP contribution >= 0.6 is 11.6 Å². The van der Waals surface area contributed by atoms with Crippen LogP contribution in [0.4, 0.5) is 5.69 Å². The van der Waals surface area contributed by atoms with Gasteiger partial charge in [-0.1, -0.05) is 17.7 Å². The van der Waals surface area contributed by atoms with Gasteiger partial charge in [0.1, 0.15) is 12.4 Å². The number of ether oxygens (including phenoxy) is 1. The van der Waals surface area contributed by atoms with E-state index in [4.69, 9.17) is 16.3 Å². The smallest absolute Gasteiger partial charge is 0.224 e. The summed E-state index contributed by atoms with van der Waals surface area (Å²) >= 11 is 5.81. The highest BCUT2D eigenvalue weighted by Crippen LogP contribution is 2.18. The fourth-order valence-corrected chi connectivity index (χ4v) is 2.71. The van der Waals surface area contributed by atoms with Crippen molar-refractivity contribution in [3.63, 3.8) is 0 Å². The van der Waals surface area contributed by atoms with Crippen LogP contribution in [0.25, 0.3) is 0 Å². The molecule has 0 unspecified atom stereocenters. The molecule has 1 aromatic heterocycles. The molecule has 0 atom stereocenters. The van der Waals surface area contributed by atoms with Crippen LogP contribution in [0.15, 0.2) is 67.0 Å². The Hall–Kier alpha value is -3.12. The summed E-state index contributed by atoms with van der Waals surface area (Å²) in [7, 11) is 0. The number of benzene rings is 2. The normalized spacial score (nSPS) is 10.5. The van der Waals surface area contributed by atoms with Crippen LogP contribution in [-0.2, 0) is 11.3 Å². The summed E-state index contributed by atoms with van der Waals surface area (Å²) in [5.41, 5.74) is 1.17. The Morgan fingerprint density at radius 2 is 1.89 bits per heavy atom. The highest BCUT2D eigenvalue weighted by Gasteiger charge is 2.10. The van der Waals surface area contributed by atoms with Crippen LogP contribution in [0.2, 0.25) is 5.02 Å². The van der Waals surface area contributed by atoms with Crippen LogP contribution in [-0.4, -0.2) is 28.1 Å². The first kappa shape index (κ1) is 19.6. The molecule has 1 N–H and O–H groups in total. The zero-order valence-electron chi connectivity index (χ0n) is 15.2. The number of amides is 1. The molecular weight excluding hydrogens is 378 g/mol. The lowest BCUT2D eigenvalue weighted by atomic mass is 10.1. The number of hydrogen-bond acceptors (Lipinski definition) is 4. The van der Waals surface area contributed by atoms with Gasteiger partial charge < -0.3 is 10.1 Å². The van der Waals surface area contributed by atoms with Crippen LogP contribution in [0.1, 0.15) is 23.2 Å². The molecule has 1 heterocycles. The molecule has 0 aliphatic heterocycles. The summed E-state index contributed by atoms with van der Waals surface area (Å²) in [5, 5.41) is 7.47. The number of halogens is 1. The molecule has 144 valence electrons. The molecule has 2 aromatic carbocycles. The number of anilines is 1. The van der Waals surface area contributed by atoms with Crippen molar-refractivity contribution >= 4 is 29.0 Å². The summed E-state index contributed by atoms with van der Waals surface area (Å²) in [6.45, 7) is 1.10. The minimum absolute atomic E-state index is 0.0949. The largest absolute Gasteiger partial charge is 0.492 e. The lowest BCUT2D eigenvalue weighted by Gasteiger charge is -2.09. The number of Topliss-reactive ketones (excluding diaryl/α,β-unsaturated/α-hetero) is 1. The van der Waals surface area contributed by atoms with E-state index in [0.29, 0.717) is 35.2 Å². The fraction of sp³-hybridized carbons (Fsp3) is 0.190. The lowest BCUT2D eigenvalue weighted by molar-refractivity contribution is -0.116. The molecule has 0 saturated heterocycles. The van der Waals surface area contributed by atoms with Crippen molar-refractivity contribution in [2.75, 3.05) is 11.9 Å². The van der Waals surface area contributed by atoms with E-state index < -0.39 is 0 Å². The van der Waals surface area contributed by atoms with Gasteiger partial charge in [-0.2, -0.15) is 5.10 Å². The maximum Gasteiger partial charge on any atom is 0.224 e. The fourth-order valence-electron chi connectivity index (χ4n) is 2.58. The topological polar surface area (TPSA) is 73.2 Å². The third-order valence-corrected chi connectivity index (χ3v) is 4.26. The molecule has 0 aliphatic rings. The molecule has 0 bridgehead atoms. The van der Waals surface area contributed by atoms with Gasteiger partial charge in [-0.3, -0.25) is 14.3 Å². The van der Waals surface area contributed by atoms with E-state index >= 15 is 0 Å². The van der Waals surface area contributed by atoms with Gasteiger partial charge in [0.25, 0.3) is 0 Å². The van der Waals surface area contributed by atoms with Crippen molar-refractivity contribution in [3.05, 3.63) is 77.6 Å². The van der Waals surface area contributed by atoms with E-state index in [-0.39, 0.29) is 24.5 Å². The maximum atomic E-state index is 12.1. The van der Waals surface area contributed by atoms with Gasteiger partial charge in [-0.15, -0.1) is 0 Å². The first-order chi connectivity index (χ1) is 13.6. The van der Waals surface area contributed by atoms with Crippen molar-refractivity contribution in [2.45, 2.75) is 19.4 Å². The Labute approximate surface area is 168 Å². The van der Waals surface area contributed by atoms with Gasteiger partial charge in [0.05, 0.1) is 6.54 Å². The Balaban J connectivity index is 1.45. The number of carbonyl (C=O) groups is 2. The highest BCUT2D eigenvalue weighted by molar-refractivity contribution is 6.30. The minimum atomic E-state index is -0.226. The molecule has 1 amide bonds. The van der Waals surface area contributed by atoms with E-state index in [9.17, 15) is 9.59 Å². The predicted molar refractivity (Wildman–Crippen MR) is 108 cm³/mol. The van der Waals surface area contributed by atoms with Gasteiger partial charge >= 0.3 is 0 Å². The number of ketones is 1. The molecule has 0 aliphatic carbocycles. The van der Waals surface area contributed by atoms with Gasteiger partial charge in [0, 0.05) is 47.6 Å². The maximum absolute atomic E-state index is 12.1. The van der Waals surface area contributed by atoms with Crippen LogP contribution in [0, 0.1) is 0 Å². The average Bonchev–Trinajstić information content (AvgIpc) is 3.20. The van der Waals surface area contributed by atoms with Gasteiger partial charge in [0.15, 0.2) is 5.78 Å². The average molecular weight is 398 g/mol. The summed E-state index contributed by atoms with van der Waals surface area (Å²) in [6, 6.07) is 15.6. The molecule has 3 rings (SSSR count). The van der Waals surface area contributed by atoms with Gasteiger partial charge in [0.2, 0.25) is 5.91 Å². The van der Waals surface area contributed by atoms with Crippen molar-refractivity contribution in [1.82, 2.24) is 9.78 Å². The van der Waals surface area contributed by atoms with Gasteiger partial charge in [-0.05, 0) is 42.5 Å². The molecule has 6 nitrogen and oxygen atoms in total. The molecule has 0 spiro atoms. The monoisotopic (exact) mass is 397 g/mol. The van der Waals surface area contributed by atoms with E-state index in [1.807, 2.05) is 18.3 Å². The van der Waals surface area contributed by atoms with Crippen molar-refractivity contribution in [2.24, 2.45) is 0 Å². The second-order valence-electron chi connectivity index (χ2n) is 6.12. The summed E-state index contributed by atoms with van der Waals surface area (Å²) in [5.74, 6) is 0.334. The molecule has 0 radical (unpaired) electrons. The number of nitrogens with zero attached hydrogens (tertiary/aromatic N) is 2. The summed E-state index contributed by atoms with van der Waals surface area (Å²) in [4.78, 5) is 24.3. The van der Waals surface area contributed by atoms with Crippen LogP contribution in [0.5, 0.6) is 5.75 Å². The zero-order chi connectivity index (χ0) is 19.8. The van der Waals surface area contributed by atoms with Crippen molar-refractivity contribution in [3.8, 4) is 5.75 Å². The van der Waals surface area contributed by atoms with E-state index in [2.05, 4.69) is 10.4 Å².